The van der Waals surface area contributed by atoms with E-state index >= 15 is 0 Å². The smallest absolute Gasteiger partial charge is 0.227 e. The van der Waals surface area contributed by atoms with E-state index in [1.807, 2.05) is 24.1 Å². The summed E-state index contributed by atoms with van der Waals surface area (Å²) < 4.78 is 0. The van der Waals surface area contributed by atoms with Gasteiger partial charge in [0.25, 0.3) is 0 Å². The number of carbonyl (C=O) groups excluding carboxylic acids is 1. The standard InChI is InChI=1S/C16H19N5O/c1-3-4-8-16(18-19-16)9-7-14(22)21-12-11-20(2)15-13(21)6-5-10-17-15/h1,5-6,10H,4,7-9,11-12H2,2H3. The van der Waals surface area contributed by atoms with Crippen LogP contribution in [-0.2, 0) is 4.79 Å². The number of pyridine rings is 1. The van der Waals surface area contributed by atoms with Crippen LogP contribution >= 0.6 is 0 Å². The Hall–Kier alpha value is -2.42. The molecule has 0 radical (unpaired) electrons. The van der Waals surface area contributed by atoms with E-state index in [0.29, 0.717) is 25.8 Å². The first kappa shape index (κ1) is 14.5. The minimum absolute atomic E-state index is 0.0970. The zero-order valence-electron chi connectivity index (χ0n) is 12.7. The maximum Gasteiger partial charge on any atom is 0.227 e. The second-order valence-corrected chi connectivity index (χ2v) is 5.70. The molecule has 6 nitrogen and oxygen atoms in total. The van der Waals surface area contributed by atoms with Crippen molar-refractivity contribution in [2.45, 2.75) is 31.3 Å². The third-order valence-corrected chi connectivity index (χ3v) is 4.17. The van der Waals surface area contributed by atoms with Gasteiger partial charge in [0, 0.05) is 52.0 Å². The van der Waals surface area contributed by atoms with Crippen molar-refractivity contribution in [3.63, 3.8) is 0 Å². The highest BCUT2D eigenvalue weighted by Gasteiger charge is 2.40. The lowest BCUT2D eigenvalue weighted by atomic mass is 10.0. The normalized spacial score (nSPS) is 17.8. The number of amides is 1. The average Bonchev–Trinajstić information content (AvgIpc) is 3.32. The molecule has 0 bridgehead atoms. The maximum absolute atomic E-state index is 12.6. The van der Waals surface area contributed by atoms with Crippen LogP contribution in [0.3, 0.4) is 0 Å². The summed E-state index contributed by atoms with van der Waals surface area (Å²) in [6, 6.07) is 3.80. The van der Waals surface area contributed by atoms with Gasteiger partial charge in [-0.15, -0.1) is 12.3 Å². The van der Waals surface area contributed by atoms with Crippen LogP contribution in [0, 0.1) is 12.3 Å². The van der Waals surface area contributed by atoms with Crippen LogP contribution in [0.2, 0.25) is 0 Å². The van der Waals surface area contributed by atoms with Crippen LogP contribution < -0.4 is 9.80 Å². The van der Waals surface area contributed by atoms with Crippen LogP contribution in [0.5, 0.6) is 0 Å². The lowest BCUT2D eigenvalue weighted by molar-refractivity contribution is -0.118. The van der Waals surface area contributed by atoms with Crippen LogP contribution in [0.15, 0.2) is 28.6 Å². The van der Waals surface area contributed by atoms with Gasteiger partial charge >= 0.3 is 0 Å². The molecular formula is C16H19N5O. The van der Waals surface area contributed by atoms with Crippen LogP contribution in [0.25, 0.3) is 0 Å². The van der Waals surface area contributed by atoms with Crippen molar-refractivity contribution >= 4 is 17.4 Å². The molecule has 0 aliphatic carbocycles. The van der Waals surface area contributed by atoms with E-state index in [-0.39, 0.29) is 5.91 Å². The van der Waals surface area contributed by atoms with Crippen LogP contribution in [0.1, 0.15) is 25.7 Å². The van der Waals surface area contributed by atoms with Crippen LogP contribution in [0.4, 0.5) is 11.5 Å². The molecule has 1 aromatic rings. The second-order valence-electron chi connectivity index (χ2n) is 5.70. The van der Waals surface area contributed by atoms with Crippen molar-refractivity contribution in [3.05, 3.63) is 18.3 Å². The van der Waals surface area contributed by atoms with Crippen molar-refractivity contribution in [1.29, 1.82) is 0 Å². The third kappa shape index (κ3) is 2.80. The molecule has 1 amide bonds. The number of hydrogen-bond donors (Lipinski definition) is 0. The van der Waals surface area contributed by atoms with Gasteiger partial charge in [0.05, 0.1) is 5.69 Å². The first-order valence-electron chi connectivity index (χ1n) is 7.49. The highest BCUT2D eigenvalue weighted by Crippen LogP contribution is 2.38. The summed E-state index contributed by atoms with van der Waals surface area (Å²) in [6.45, 7) is 1.46. The van der Waals surface area contributed by atoms with Gasteiger partial charge in [-0.2, -0.15) is 10.2 Å². The number of nitrogens with zero attached hydrogens (tertiary/aromatic N) is 5. The molecule has 3 heterocycles. The van der Waals surface area contributed by atoms with E-state index < -0.39 is 5.66 Å². The van der Waals surface area contributed by atoms with E-state index in [9.17, 15) is 4.79 Å². The predicted octanol–water partition coefficient (Wildman–Crippen LogP) is 2.22. The molecule has 2 aliphatic heterocycles. The summed E-state index contributed by atoms with van der Waals surface area (Å²) in [7, 11) is 1.99. The largest absolute Gasteiger partial charge is 0.356 e. The number of anilines is 2. The number of fused-ring (bicyclic) bond motifs is 1. The van der Waals surface area contributed by atoms with Gasteiger partial charge in [0.1, 0.15) is 0 Å². The Labute approximate surface area is 130 Å². The molecule has 0 unspecified atom stereocenters. The second kappa shape index (κ2) is 5.76. The van der Waals surface area contributed by atoms with Crippen molar-refractivity contribution in [1.82, 2.24) is 4.98 Å². The highest BCUT2D eigenvalue weighted by molar-refractivity contribution is 5.97. The maximum atomic E-state index is 12.6. The molecule has 0 saturated heterocycles. The Morgan fingerprint density at radius 2 is 2.23 bits per heavy atom. The summed E-state index contributed by atoms with van der Waals surface area (Å²) in [4.78, 5) is 20.8. The molecule has 3 rings (SSSR count). The predicted molar refractivity (Wildman–Crippen MR) is 84.7 cm³/mol. The Balaban J connectivity index is 1.64. The molecule has 0 aromatic carbocycles. The van der Waals surface area contributed by atoms with E-state index in [0.717, 1.165) is 24.5 Å². The molecule has 2 aliphatic rings. The van der Waals surface area contributed by atoms with Crippen LogP contribution in [-0.4, -0.2) is 36.7 Å². The van der Waals surface area contributed by atoms with Gasteiger partial charge < -0.3 is 9.80 Å². The Morgan fingerprint density at radius 1 is 1.41 bits per heavy atom. The Morgan fingerprint density at radius 3 is 2.95 bits per heavy atom. The number of rotatable bonds is 5. The average molecular weight is 297 g/mol. The minimum atomic E-state index is -0.396. The molecule has 0 spiro atoms. The fourth-order valence-corrected chi connectivity index (χ4v) is 2.74. The minimum Gasteiger partial charge on any atom is -0.356 e. The van der Waals surface area contributed by atoms with E-state index in [1.54, 1.807) is 6.20 Å². The number of aromatic nitrogens is 1. The van der Waals surface area contributed by atoms with Crippen molar-refractivity contribution < 1.29 is 4.79 Å². The molecule has 22 heavy (non-hydrogen) atoms. The molecule has 0 saturated carbocycles. The quantitative estimate of drug-likeness (QED) is 0.783. The lowest BCUT2D eigenvalue weighted by Gasteiger charge is -2.34. The summed E-state index contributed by atoms with van der Waals surface area (Å²) in [6.07, 6.45) is 9.47. The summed E-state index contributed by atoms with van der Waals surface area (Å²) in [5, 5.41) is 8.17. The van der Waals surface area contributed by atoms with Gasteiger partial charge in [-0.05, 0) is 12.1 Å². The van der Waals surface area contributed by atoms with E-state index in [4.69, 9.17) is 6.42 Å². The third-order valence-electron chi connectivity index (χ3n) is 4.17. The van der Waals surface area contributed by atoms with Crippen molar-refractivity contribution in [2.75, 3.05) is 29.9 Å². The van der Waals surface area contributed by atoms with E-state index in [1.165, 1.54) is 0 Å². The van der Waals surface area contributed by atoms with Gasteiger partial charge in [-0.1, -0.05) is 0 Å². The molecule has 0 N–H and O–H groups in total. The van der Waals surface area contributed by atoms with Gasteiger partial charge in [-0.25, -0.2) is 4.98 Å². The number of carbonyl (C=O) groups is 1. The summed E-state index contributed by atoms with van der Waals surface area (Å²) in [5.41, 5.74) is 0.482. The monoisotopic (exact) mass is 297 g/mol. The molecule has 1 aromatic heterocycles. The first-order valence-corrected chi connectivity index (χ1v) is 7.49. The Bertz CT molecular complexity index is 642. The fraction of sp³-hybridized carbons (Fsp3) is 0.500. The number of hydrogen-bond acceptors (Lipinski definition) is 5. The zero-order valence-corrected chi connectivity index (χ0v) is 12.7. The van der Waals surface area contributed by atoms with Gasteiger partial charge in [0.2, 0.25) is 5.91 Å². The summed E-state index contributed by atoms with van der Waals surface area (Å²) in [5.74, 6) is 3.55. The molecule has 0 atom stereocenters. The number of terminal acetylenes is 1. The van der Waals surface area contributed by atoms with Gasteiger partial charge in [-0.3, -0.25) is 4.79 Å². The molecule has 6 heteroatoms. The topological polar surface area (TPSA) is 61.2 Å². The Kier molecular flexibility index (Phi) is 3.80. The molecule has 114 valence electrons. The van der Waals surface area contributed by atoms with Gasteiger partial charge in [0.15, 0.2) is 11.5 Å². The molecule has 0 fully saturated rings. The lowest BCUT2D eigenvalue weighted by Crippen LogP contribution is -2.43. The zero-order chi connectivity index (χ0) is 15.6. The van der Waals surface area contributed by atoms with Crippen molar-refractivity contribution in [2.24, 2.45) is 10.2 Å². The SMILES string of the molecule is C#CCCC1(CCC(=O)N2CCN(C)c3ncccc32)N=N1. The fourth-order valence-electron chi connectivity index (χ4n) is 2.74. The van der Waals surface area contributed by atoms with Crippen molar-refractivity contribution in [3.8, 4) is 12.3 Å². The summed E-state index contributed by atoms with van der Waals surface area (Å²) >= 11 is 0. The van der Waals surface area contributed by atoms with E-state index in [2.05, 4.69) is 26.0 Å². The first-order chi connectivity index (χ1) is 10.7. The highest BCUT2D eigenvalue weighted by atomic mass is 16.2. The molecular weight excluding hydrogens is 278 g/mol. The number of likely N-dealkylation sites (N-methyl/N-ethyl adjacent to an activating group) is 1.